The van der Waals surface area contributed by atoms with Gasteiger partial charge in [0.15, 0.2) is 0 Å². The Morgan fingerprint density at radius 1 is 1.13 bits per heavy atom. The Morgan fingerprint density at radius 2 is 1.93 bits per heavy atom. The fourth-order valence-corrected chi connectivity index (χ4v) is 2.61. The van der Waals surface area contributed by atoms with Gasteiger partial charge in [0.2, 0.25) is 0 Å². The van der Waals surface area contributed by atoms with E-state index in [0.29, 0.717) is 6.04 Å². The van der Waals surface area contributed by atoms with Crippen molar-refractivity contribution in [1.29, 1.82) is 0 Å². The van der Waals surface area contributed by atoms with Crippen LogP contribution >= 0.6 is 0 Å². The molecule has 0 radical (unpaired) electrons. The van der Waals surface area contributed by atoms with Crippen LogP contribution in [0.1, 0.15) is 12.8 Å². The molecule has 0 saturated carbocycles. The molecule has 88 valence electrons. The normalized spacial score (nSPS) is 29.8. The van der Waals surface area contributed by atoms with Crippen LogP contribution in [0.5, 0.6) is 0 Å². The van der Waals surface area contributed by atoms with Crippen LogP contribution in [0.15, 0.2) is 0 Å². The zero-order chi connectivity index (χ0) is 10.5. The van der Waals surface area contributed by atoms with E-state index >= 15 is 0 Å². The van der Waals surface area contributed by atoms with Crippen LogP contribution in [0.4, 0.5) is 0 Å². The van der Waals surface area contributed by atoms with Gasteiger partial charge in [-0.2, -0.15) is 0 Å². The van der Waals surface area contributed by atoms with Gasteiger partial charge >= 0.3 is 0 Å². The average Bonchev–Trinajstić information content (AvgIpc) is 2.79. The van der Waals surface area contributed by atoms with Crippen molar-refractivity contribution in [1.82, 2.24) is 15.1 Å². The summed E-state index contributed by atoms with van der Waals surface area (Å²) < 4.78 is 0. The summed E-state index contributed by atoms with van der Waals surface area (Å²) in [6.07, 6.45) is 2.78. The minimum atomic E-state index is 0.557. The smallest absolute Gasteiger partial charge is 0.0344 e. The van der Waals surface area contributed by atoms with Crippen LogP contribution in [-0.4, -0.2) is 68.2 Å². The van der Waals surface area contributed by atoms with E-state index in [0.717, 1.165) is 26.2 Å². The molecule has 15 heavy (non-hydrogen) atoms. The first kappa shape index (κ1) is 11.3. The van der Waals surface area contributed by atoms with Crippen LogP contribution in [-0.2, 0) is 0 Å². The van der Waals surface area contributed by atoms with Gasteiger partial charge in [0.05, 0.1) is 0 Å². The zero-order valence-corrected chi connectivity index (χ0v) is 9.62. The van der Waals surface area contributed by atoms with Crippen LogP contribution in [0.25, 0.3) is 0 Å². The molecule has 1 atom stereocenters. The highest BCUT2D eigenvalue weighted by atomic mass is 15.3. The molecule has 0 aromatic rings. The summed E-state index contributed by atoms with van der Waals surface area (Å²) in [6.45, 7) is 9.18. The number of piperazine rings is 1. The molecule has 2 aliphatic rings. The zero-order valence-electron chi connectivity index (χ0n) is 9.62. The van der Waals surface area contributed by atoms with Gasteiger partial charge in [-0.15, -0.1) is 0 Å². The molecule has 0 aromatic carbocycles. The molecule has 2 saturated heterocycles. The first-order chi connectivity index (χ1) is 7.40. The molecule has 2 fully saturated rings. The number of hydrogen-bond donors (Lipinski definition) is 2. The van der Waals surface area contributed by atoms with E-state index in [4.69, 9.17) is 5.73 Å². The Hall–Kier alpha value is -0.160. The van der Waals surface area contributed by atoms with Crippen molar-refractivity contribution in [2.24, 2.45) is 5.73 Å². The quantitative estimate of drug-likeness (QED) is 0.648. The van der Waals surface area contributed by atoms with E-state index in [2.05, 4.69) is 15.1 Å². The van der Waals surface area contributed by atoms with Crippen molar-refractivity contribution in [3.63, 3.8) is 0 Å². The monoisotopic (exact) mass is 212 g/mol. The molecule has 2 rings (SSSR count). The molecule has 2 heterocycles. The summed E-state index contributed by atoms with van der Waals surface area (Å²) in [7, 11) is 0. The molecule has 0 aromatic heterocycles. The highest BCUT2D eigenvalue weighted by Gasteiger charge is 2.21. The summed E-state index contributed by atoms with van der Waals surface area (Å²) in [5.74, 6) is 0. The fourth-order valence-electron chi connectivity index (χ4n) is 2.61. The predicted molar refractivity (Wildman–Crippen MR) is 63.0 cm³/mol. The van der Waals surface area contributed by atoms with Crippen LogP contribution in [0.2, 0.25) is 0 Å². The molecular formula is C11H24N4. The Balaban J connectivity index is 1.71. The number of rotatable bonds is 4. The van der Waals surface area contributed by atoms with Crippen molar-refractivity contribution < 1.29 is 0 Å². The summed E-state index contributed by atoms with van der Waals surface area (Å²) in [5.41, 5.74) is 5.78. The number of nitrogens with two attached hydrogens (primary N) is 1. The van der Waals surface area contributed by atoms with Gasteiger partial charge in [-0.1, -0.05) is 0 Å². The van der Waals surface area contributed by atoms with Gasteiger partial charge < -0.3 is 16.0 Å². The van der Waals surface area contributed by atoms with Crippen LogP contribution < -0.4 is 11.1 Å². The van der Waals surface area contributed by atoms with Gasteiger partial charge in [0, 0.05) is 45.3 Å². The van der Waals surface area contributed by atoms with E-state index in [1.165, 1.54) is 39.0 Å². The summed E-state index contributed by atoms with van der Waals surface area (Å²) in [5, 5.41) is 3.41. The largest absolute Gasteiger partial charge is 0.329 e. The highest BCUT2D eigenvalue weighted by molar-refractivity contribution is 4.81. The van der Waals surface area contributed by atoms with E-state index in [-0.39, 0.29) is 0 Å². The molecule has 2 aliphatic heterocycles. The Kier molecular flexibility index (Phi) is 4.38. The van der Waals surface area contributed by atoms with Crippen molar-refractivity contribution in [2.45, 2.75) is 18.9 Å². The number of likely N-dealkylation sites (tertiary alicyclic amines) is 1. The lowest BCUT2D eigenvalue weighted by atomic mass is 10.2. The lowest BCUT2D eigenvalue weighted by Crippen LogP contribution is -2.55. The van der Waals surface area contributed by atoms with Crippen LogP contribution in [0.3, 0.4) is 0 Å². The van der Waals surface area contributed by atoms with Crippen molar-refractivity contribution in [3.05, 3.63) is 0 Å². The Bertz CT molecular complexity index is 179. The molecule has 0 amide bonds. The van der Waals surface area contributed by atoms with Crippen LogP contribution in [0, 0.1) is 0 Å². The third-order valence-electron chi connectivity index (χ3n) is 3.65. The summed E-state index contributed by atoms with van der Waals surface area (Å²) in [4.78, 5) is 5.13. The van der Waals surface area contributed by atoms with Gasteiger partial charge in [-0.05, 0) is 25.9 Å². The Morgan fingerprint density at radius 3 is 2.67 bits per heavy atom. The number of hydrogen-bond acceptors (Lipinski definition) is 4. The van der Waals surface area contributed by atoms with E-state index < -0.39 is 0 Å². The molecule has 0 spiro atoms. The first-order valence-corrected chi connectivity index (χ1v) is 6.27. The second-order valence-corrected chi connectivity index (χ2v) is 4.68. The van der Waals surface area contributed by atoms with E-state index in [9.17, 15) is 0 Å². The molecule has 0 bridgehead atoms. The molecule has 1 unspecified atom stereocenters. The Labute approximate surface area is 92.8 Å². The van der Waals surface area contributed by atoms with Gasteiger partial charge in [-0.25, -0.2) is 0 Å². The second kappa shape index (κ2) is 5.80. The minimum absolute atomic E-state index is 0.557. The standard InChI is InChI=1S/C11H24N4/c12-9-11-10-13-3-6-15(11)8-7-14-4-1-2-5-14/h11,13H,1-10,12H2. The maximum atomic E-state index is 5.78. The van der Waals surface area contributed by atoms with Gasteiger partial charge in [0.1, 0.15) is 0 Å². The third kappa shape index (κ3) is 3.14. The average molecular weight is 212 g/mol. The highest BCUT2D eigenvalue weighted by Crippen LogP contribution is 2.08. The van der Waals surface area contributed by atoms with Crippen molar-refractivity contribution in [3.8, 4) is 0 Å². The maximum absolute atomic E-state index is 5.78. The van der Waals surface area contributed by atoms with Crippen molar-refractivity contribution >= 4 is 0 Å². The predicted octanol–water partition coefficient (Wildman–Crippen LogP) is -0.685. The molecule has 4 heteroatoms. The van der Waals surface area contributed by atoms with E-state index in [1.54, 1.807) is 0 Å². The topological polar surface area (TPSA) is 44.5 Å². The molecule has 4 nitrogen and oxygen atoms in total. The maximum Gasteiger partial charge on any atom is 0.0344 e. The van der Waals surface area contributed by atoms with E-state index in [1.807, 2.05) is 0 Å². The minimum Gasteiger partial charge on any atom is -0.329 e. The lowest BCUT2D eigenvalue weighted by molar-refractivity contribution is 0.146. The fraction of sp³-hybridized carbons (Fsp3) is 1.00. The summed E-state index contributed by atoms with van der Waals surface area (Å²) in [6, 6.07) is 0.557. The second-order valence-electron chi connectivity index (χ2n) is 4.68. The first-order valence-electron chi connectivity index (χ1n) is 6.27. The summed E-state index contributed by atoms with van der Waals surface area (Å²) >= 11 is 0. The SMILES string of the molecule is NCC1CNCCN1CCN1CCCC1. The van der Waals surface area contributed by atoms with Gasteiger partial charge in [0.25, 0.3) is 0 Å². The van der Waals surface area contributed by atoms with Gasteiger partial charge in [-0.3, -0.25) is 4.90 Å². The molecule has 3 N–H and O–H groups in total. The lowest BCUT2D eigenvalue weighted by Gasteiger charge is -2.36. The molecule has 0 aliphatic carbocycles. The van der Waals surface area contributed by atoms with Crippen molar-refractivity contribution in [2.75, 3.05) is 52.4 Å². The number of nitrogens with zero attached hydrogens (tertiary/aromatic N) is 2. The number of nitrogens with one attached hydrogen (secondary N) is 1. The third-order valence-corrected chi connectivity index (χ3v) is 3.65. The molecular weight excluding hydrogens is 188 g/mol.